The van der Waals surface area contributed by atoms with Gasteiger partial charge in [-0.1, -0.05) is 0 Å². The Morgan fingerprint density at radius 1 is 1.33 bits per heavy atom. The lowest BCUT2D eigenvalue weighted by molar-refractivity contribution is 0.0990. The minimum absolute atomic E-state index is 0.0402. The number of nitrogen functional groups attached to an aromatic ring is 1. The summed E-state index contributed by atoms with van der Waals surface area (Å²) in [6, 6.07) is 5.11. The van der Waals surface area contributed by atoms with Gasteiger partial charge in [-0.15, -0.1) is 0 Å². The third-order valence-corrected chi connectivity index (χ3v) is 1.80. The summed E-state index contributed by atoms with van der Waals surface area (Å²) in [7, 11) is 0. The molecule has 3 heteroatoms. The quantitative estimate of drug-likeness (QED) is 0.599. The summed E-state index contributed by atoms with van der Waals surface area (Å²) < 4.78 is 5.67. The van der Waals surface area contributed by atoms with Gasteiger partial charge in [0.1, 0.15) is 11.4 Å². The first kappa shape index (κ1) is 11.6. The zero-order valence-electron chi connectivity index (χ0n) is 9.63. The van der Waals surface area contributed by atoms with Gasteiger partial charge < -0.3 is 10.5 Å². The van der Waals surface area contributed by atoms with Crippen LogP contribution in [0.1, 0.15) is 38.1 Å². The Kier molecular flexibility index (Phi) is 3.03. The molecule has 0 unspecified atom stereocenters. The molecule has 0 aliphatic rings. The van der Waals surface area contributed by atoms with Gasteiger partial charge in [0.25, 0.3) is 0 Å². The average molecular weight is 207 g/mol. The van der Waals surface area contributed by atoms with Crippen LogP contribution in [0.5, 0.6) is 5.75 Å². The zero-order chi connectivity index (χ0) is 11.6. The Balaban J connectivity index is 3.12. The van der Waals surface area contributed by atoms with Crippen LogP contribution < -0.4 is 10.5 Å². The minimum atomic E-state index is -0.319. The molecule has 1 rings (SSSR count). The van der Waals surface area contributed by atoms with E-state index in [1.807, 2.05) is 20.8 Å². The number of Topliss-reactive ketones (excluding diaryl/α,β-unsaturated/α-hetero) is 1. The van der Waals surface area contributed by atoms with Crippen LogP contribution in [0.3, 0.4) is 0 Å². The van der Waals surface area contributed by atoms with E-state index in [0.29, 0.717) is 17.0 Å². The number of rotatable bonds is 2. The van der Waals surface area contributed by atoms with E-state index in [-0.39, 0.29) is 11.4 Å². The molecule has 0 heterocycles. The number of benzene rings is 1. The van der Waals surface area contributed by atoms with Crippen LogP contribution in [0.4, 0.5) is 5.69 Å². The number of anilines is 1. The smallest absolute Gasteiger partial charge is 0.163 e. The number of hydrogen-bond donors (Lipinski definition) is 1. The van der Waals surface area contributed by atoms with E-state index >= 15 is 0 Å². The largest absolute Gasteiger partial charge is 0.487 e. The standard InChI is InChI=1S/C12H17NO2/c1-8(14)10-7-9(13)5-6-11(10)15-12(2,3)4/h5-7H,13H2,1-4H3. The highest BCUT2D eigenvalue weighted by Crippen LogP contribution is 2.25. The van der Waals surface area contributed by atoms with E-state index in [0.717, 1.165) is 0 Å². The lowest BCUT2D eigenvalue weighted by Crippen LogP contribution is -2.24. The third kappa shape index (κ3) is 3.27. The highest BCUT2D eigenvalue weighted by atomic mass is 16.5. The van der Waals surface area contributed by atoms with Crippen LogP contribution >= 0.6 is 0 Å². The monoisotopic (exact) mass is 207 g/mol. The summed E-state index contributed by atoms with van der Waals surface area (Å²) in [6.45, 7) is 7.32. The molecule has 1 aromatic rings. The molecule has 0 saturated carbocycles. The Morgan fingerprint density at radius 2 is 1.93 bits per heavy atom. The van der Waals surface area contributed by atoms with Crippen molar-refractivity contribution in [2.75, 3.05) is 5.73 Å². The molecule has 0 bridgehead atoms. The summed E-state index contributed by atoms with van der Waals surface area (Å²) >= 11 is 0. The molecule has 0 saturated heterocycles. The van der Waals surface area contributed by atoms with Crippen molar-refractivity contribution in [3.63, 3.8) is 0 Å². The van der Waals surface area contributed by atoms with Gasteiger partial charge in [0.2, 0.25) is 0 Å². The summed E-state index contributed by atoms with van der Waals surface area (Å²) in [4.78, 5) is 11.4. The molecule has 2 N–H and O–H groups in total. The van der Waals surface area contributed by atoms with Gasteiger partial charge in [-0.25, -0.2) is 0 Å². The van der Waals surface area contributed by atoms with Gasteiger partial charge in [-0.3, -0.25) is 4.79 Å². The van der Waals surface area contributed by atoms with E-state index < -0.39 is 0 Å². The van der Waals surface area contributed by atoms with E-state index in [2.05, 4.69) is 0 Å². The fourth-order valence-corrected chi connectivity index (χ4v) is 1.24. The number of ketones is 1. The van der Waals surface area contributed by atoms with Gasteiger partial charge in [0.05, 0.1) is 5.56 Å². The van der Waals surface area contributed by atoms with Gasteiger partial charge in [-0.05, 0) is 45.9 Å². The highest BCUT2D eigenvalue weighted by Gasteiger charge is 2.16. The molecule has 0 amide bonds. The molecule has 0 aromatic heterocycles. The second-order valence-corrected chi connectivity index (χ2v) is 4.53. The molecule has 0 fully saturated rings. The lowest BCUT2D eigenvalue weighted by Gasteiger charge is -2.22. The molecular formula is C12H17NO2. The Bertz CT molecular complexity index is 378. The number of nitrogens with two attached hydrogens (primary N) is 1. The maximum absolute atomic E-state index is 11.4. The molecule has 0 spiro atoms. The lowest BCUT2D eigenvalue weighted by atomic mass is 10.1. The summed E-state index contributed by atoms with van der Waals surface area (Å²) in [5, 5.41) is 0. The normalized spacial score (nSPS) is 11.2. The maximum atomic E-state index is 11.4. The summed E-state index contributed by atoms with van der Waals surface area (Å²) in [6.07, 6.45) is 0. The van der Waals surface area contributed by atoms with E-state index in [1.54, 1.807) is 18.2 Å². The minimum Gasteiger partial charge on any atom is -0.487 e. The van der Waals surface area contributed by atoms with Crippen LogP contribution in [0.2, 0.25) is 0 Å². The van der Waals surface area contributed by atoms with Crippen LogP contribution in [-0.2, 0) is 0 Å². The van der Waals surface area contributed by atoms with Crippen molar-refractivity contribution >= 4 is 11.5 Å². The highest BCUT2D eigenvalue weighted by molar-refractivity contribution is 5.97. The predicted molar refractivity (Wildman–Crippen MR) is 61.2 cm³/mol. The van der Waals surface area contributed by atoms with E-state index in [1.165, 1.54) is 6.92 Å². The van der Waals surface area contributed by atoms with Crippen LogP contribution in [-0.4, -0.2) is 11.4 Å². The van der Waals surface area contributed by atoms with Gasteiger partial charge >= 0.3 is 0 Å². The molecule has 0 radical (unpaired) electrons. The number of hydrogen-bond acceptors (Lipinski definition) is 3. The maximum Gasteiger partial charge on any atom is 0.163 e. The number of carbonyl (C=O) groups excluding carboxylic acids is 1. The number of carbonyl (C=O) groups is 1. The van der Waals surface area contributed by atoms with Crippen molar-refractivity contribution in [3.05, 3.63) is 23.8 Å². The predicted octanol–water partition coefficient (Wildman–Crippen LogP) is 2.65. The first-order chi connectivity index (χ1) is 6.79. The first-order valence-corrected chi connectivity index (χ1v) is 4.89. The van der Waals surface area contributed by atoms with E-state index in [4.69, 9.17) is 10.5 Å². The van der Waals surface area contributed by atoms with Crippen LogP contribution in [0, 0.1) is 0 Å². The second-order valence-electron chi connectivity index (χ2n) is 4.53. The fourth-order valence-electron chi connectivity index (χ4n) is 1.24. The van der Waals surface area contributed by atoms with Crippen molar-refractivity contribution in [1.82, 2.24) is 0 Å². The third-order valence-electron chi connectivity index (χ3n) is 1.80. The van der Waals surface area contributed by atoms with Crippen LogP contribution in [0.25, 0.3) is 0 Å². The molecule has 0 atom stereocenters. The molecule has 0 aliphatic heterocycles. The van der Waals surface area contributed by atoms with Crippen molar-refractivity contribution < 1.29 is 9.53 Å². The Labute approximate surface area is 90.2 Å². The van der Waals surface area contributed by atoms with Gasteiger partial charge in [0.15, 0.2) is 5.78 Å². The zero-order valence-corrected chi connectivity index (χ0v) is 9.63. The first-order valence-electron chi connectivity index (χ1n) is 4.89. The molecule has 15 heavy (non-hydrogen) atoms. The second kappa shape index (κ2) is 3.93. The van der Waals surface area contributed by atoms with Crippen molar-refractivity contribution in [1.29, 1.82) is 0 Å². The Morgan fingerprint density at radius 3 is 2.40 bits per heavy atom. The molecule has 1 aromatic carbocycles. The van der Waals surface area contributed by atoms with Crippen molar-refractivity contribution in [3.8, 4) is 5.75 Å². The fraction of sp³-hybridized carbons (Fsp3) is 0.417. The SMILES string of the molecule is CC(=O)c1cc(N)ccc1OC(C)(C)C. The molecular weight excluding hydrogens is 190 g/mol. The van der Waals surface area contributed by atoms with Crippen LogP contribution in [0.15, 0.2) is 18.2 Å². The topological polar surface area (TPSA) is 52.3 Å². The molecule has 3 nitrogen and oxygen atoms in total. The van der Waals surface area contributed by atoms with Crippen molar-refractivity contribution in [2.45, 2.75) is 33.3 Å². The molecule has 0 aliphatic carbocycles. The summed E-state index contributed by atoms with van der Waals surface area (Å²) in [5.41, 5.74) is 6.41. The summed E-state index contributed by atoms with van der Waals surface area (Å²) in [5.74, 6) is 0.547. The number of ether oxygens (including phenoxy) is 1. The van der Waals surface area contributed by atoms with Gasteiger partial charge in [0, 0.05) is 5.69 Å². The Hall–Kier alpha value is -1.51. The van der Waals surface area contributed by atoms with Crippen molar-refractivity contribution in [2.24, 2.45) is 0 Å². The average Bonchev–Trinajstić information content (AvgIpc) is 2.05. The molecule has 82 valence electrons. The van der Waals surface area contributed by atoms with Gasteiger partial charge in [-0.2, -0.15) is 0 Å². The van der Waals surface area contributed by atoms with E-state index in [9.17, 15) is 4.79 Å².